The minimum absolute atomic E-state index is 0.138. The number of hydrogen-bond acceptors (Lipinski definition) is 6. The first-order valence-electron chi connectivity index (χ1n) is 14.2. The largest absolute Gasteiger partial charge is 0.460 e. The first-order chi connectivity index (χ1) is 20.1. The Bertz CT molecular complexity index is 1540. The molecule has 0 saturated carbocycles. The van der Waals surface area contributed by atoms with E-state index < -0.39 is 5.60 Å². The number of pyridine rings is 1. The van der Waals surface area contributed by atoms with Crippen LogP contribution in [0.15, 0.2) is 79.0 Å². The van der Waals surface area contributed by atoms with Crippen molar-refractivity contribution in [2.24, 2.45) is 0 Å². The summed E-state index contributed by atoms with van der Waals surface area (Å²) in [6.45, 7) is 6.11. The molecule has 0 saturated heterocycles. The number of hydrogen-bond donors (Lipinski definition) is 3. The molecule has 1 aromatic heterocycles. The topological polar surface area (TPSA) is 109 Å². The van der Waals surface area contributed by atoms with Crippen LogP contribution in [0.25, 0.3) is 22.0 Å². The predicted molar refractivity (Wildman–Crippen MR) is 167 cm³/mol. The first-order valence-corrected chi connectivity index (χ1v) is 14.2. The zero-order valence-electron chi connectivity index (χ0n) is 24.6. The van der Waals surface area contributed by atoms with Crippen LogP contribution in [0, 0.1) is 0 Å². The number of carbonyl (C=O) groups excluding carboxylic acids is 3. The number of fused-ring (bicyclic) bond motifs is 1. The maximum Gasteiger partial charge on any atom is 0.306 e. The van der Waals surface area contributed by atoms with E-state index in [-0.39, 0.29) is 17.8 Å². The maximum absolute atomic E-state index is 12.7. The van der Waals surface area contributed by atoms with Crippen LogP contribution in [-0.4, -0.2) is 42.0 Å². The zero-order chi connectivity index (χ0) is 30.1. The van der Waals surface area contributed by atoms with Gasteiger partial charge < -0.3 is 20.7 Å². The van der Waals surface area contributed by atoms with Crippen LogP contribution in [0.1, 0.15) is 67.2 Å². The van der Waals surface area contributed by atoms with Gasteiger partial charge in [-0.1, -0.05) is 42.8 Å². The maximum atomic E-state index is 12.7. The summed E-state index contributed by atoms with van der Waals surface area (Å²) in [4.78, 5) is 41.7. The van der Waals surface area contributed by atoms with E-state index in [1.165, 1.54) is 0 Å². The Balaban J connectivity index is 1.42. The zero-order valence-corrected chi connectivity index (χ0v) is 24.6. The molecule has 0 aliphatic rings. The third-order valence-electron chi connectivity index (χ3n) is 6.63. The van der Waals surface area contributed by atoms with Gasteiger partial charge in [-0.05, 0) is 81.1 Å². The summed E-state index contributed by atoms with van der Waals surface area (Å²) < 4.78 is 5.32. The summed E-state index contributed by atoms with van der Waals surface area (Å²) in [6.07, 6.45) is 4.32. The Hall–Kier alpha value is -4.72. The number of aromatic nitrogens is 1. The predicted octanol–water partition coefficient (Wildman–Crippen LogP) is 6.64. The number of nitrogens with zero attached hydrogens (tertiary/aromatic N) is 1. The molecule has 8 nitrogen and oxygen atoms in total. The molecular formula is C34H38N4O4. The van der Waals surface area contributed by atoms with Crippen molar-refractivity contribution in [3.63, 3.8) is 0 Å². The fraction of sp³-hybridized carbons (Fsp3) is 0.294. The average molecular weight is 567 g/mol. The van der Waals surface area contributed by atoms with Gasteiger partial charge in [-0.2, -0.15) is 0 Å². The fourth-order valence-corrected chi connectivity index (χ4v) is 4.56. The highest BCUT2D eigenvalue weighted by molar-refractivity contribution is 6.08. The number of amides is 2. The van der Waals surface area contributed by atoms with Crippen LogP contribution >= 0.6 is 0 Å². The number of para-hydroxylation sites is 1. The number of esters is 1. The fourth-order valence-electron chi connectivity index (χ4n) is 4.56. The van der Waals surface area contributed by atoms with Crippen molar-refractivity contribution in [1.82, 2.24) is 15.6 Å². The van der Waals surface area contributed by atoms with Crippen molar-refractivity contribution >= 4 is 40.1 Å². The third-order valence-corrected chi connectivity index (χ3v) is 6.63. The summed E-state index contributed by atoms with van der Waals surface area (Å²) in [5, 5.41) is 9.86. The number of nitrogens with one attached hydrogen (secondary N) is 3. The van der Waals surface area contributed by atoms with Gasteiger partial charge in [0.15, 0.2) is 0 Å². The molecule has 2 amide bonds. The smallest absolute Gasteiger partial charge is 0.306 e. The number of benzene rings is 3. The van der Waals surface area contributed by atoms with E-state index in [1.807, 2.05) is 81.4 Å². The minimum atomic E-state index is -0.467. The molecule has 0 atom stereocenters. The molecular weight excluding hydrogens is 528 g/mol. The number of anilines is 2. The van der Waals surface area contributed by atoms with Gasteiger partial charge >= 0.3 is 5.97 Å². The standard InChI is InChI=1S/C34H38N4O4/c1-34(2,3)42-30(39)13-9-6-10-20-36-32(40)24-16-14-23(15-17-24)25-18-19-29-27(21-25)31(28(22-37-29)33(41)35-4)38-26-11-7-5-8-12-26/h5,7-8,11-12,14-19,21-22H,6,9-10,13,20H2,1-4H3,(H,35,41)(H,36,40)(H,37,38). The highest BCUT2D eigenvalue weighted by Gasteiger charge is 2.17. The normalized spacial score (nSPS) is 11.1. The van der Waals surface area contributed by atoms with E-state index in [2.05, 4.69) is 20.9 Å². The molecule has 4 rings (SSSR count). The second kappa shape index (κ2) is 13.8. The third kappa shape index (κ3) is 8.16. The number of carbonyl (C=O) groups is 3. The SMILES string of the molecule is CNC(=O)c1cnc2ccc(-c3ccc(C(=O)NCCCCCC(=O)OC(C)(C)C)cc3)cc2c1Nc1ccccc1. The molecule has 0 spiro atoms. The van der Waals surface area contributed by atoms with E-state index >= 15 is 0 Å². The summed E-state index contributed by atoms with van der Waals surface area (Å²) in [5.74, 6) is -0.558. The lowest BCUT2D eigenvalue weighted by Crippen LogP contribution is -2.24. The van der Waals surface area contributed by atoms with E-state index in [0.29, 0.717) is 29.8 Å². The monoisotopic (exact) mass is 566 g/mol. The molecule has 8 heteroatoms. The van der Waals surface area contributed by atoms with Gasteiger partial charge in [0.25, 0.3) is 11.8 Å². The molecule has 0 unspecified atom stereocenters. The Morgan fingerprint density at radius 1 is 0.833 bits per heavy atom. The summed E-state index contributed by atoms with van der Waals surface area (Å²) in [5.41, 5.74) is 4.72. The highest BCUT2D eigenvalue weighted by atomic mass is 16.6. The summed E-state index contributed by atoms with van der Waals surface area (Å²) in [6, 6.07) is 23.0. The van der Waals surface area contributed by atoms with E-state index in [4.69, 9.17) is 4.74 Å². The number of ether oxygens (including phenoxy) is 1. The molecule has 218 valence electrons. The lowest BCUT2D eigenvalue weighted by atomic mass is 9.99. The van der Waals surface area contributed by atoms with Gasteiger partial charge in [0, 0.05) is 42.8 Å². The summed E-state index contributed by atoms with van der Waals surface area (Å²) >= 11 is 0. The Labute approximate surface area is 246 Å². The highest BCUT2D eigenvalue weighted by Crippen LogP contribution is 2.33. The number of rotatable bonds is 11. The van der Waals surface area contributed by atoms with Gasteiger partial charge in [-0.25, -0.2) is 0 Å². The van der Waals surface area contributed by atoms with Crippen LogP contribution in [-0.2, 0) is 9.53 Å². The average Bonchev–Trinajstić information content (AvgIpc) is 2.98. The lowest BCUT2D eigenvalue weighted by Gasteiger charge is -2.19. The molecule has 4 aromatic rings. The molecule has 0 radical (unpaired) electrons. The van der Waals surface area contributed by atoms with E-state index in [9.17, 15) is 14.4 Å². The van der Waals surface area contributed by atoms with Gasteiger partial charge in [-0.3, -0.25) is 19.4 Å². The Kier molecular flexibility index (Phi) is 9.91. The van der Waals surface area contributed by atoms with Gasteiger partial charge in [0.05, 0.1) is 16.8 Å². The molecule has 0 aliphatic carbocycles. The Morgan fingerprint density at radius 2 is 1.55 bits per heavy atom. The molecule has 1 heterocycles. The lowest BCUT2D eigenvalue weighted by molar-refractivity contribution is -0.154. The van der Waals surface area contributed by atoms with Gasteiger partial charge in [0.1, 0.15) is 5.60 Å². The van der Waals surface area contributed by atoms with Crippen molar-refractivity contribution in [3.05, 3.63) is 90.1 Å². The van der Waals surface area contributed by atoms with Crippen LogP contribution in [0.4, 0.5) is 11.4 Å². The second-order valence-corrected chi connectivity index (χ2v) is 11.1. The summed E-state index contributed by atoms with van der Waals surface area (Å²) in [7, 11) is 1.60. The Morgan fingerprint density at radius 3 is 2.24 bits per heavy atom. The molecule has 0 aliphatic heterocycles. The molecule has 3 N–H and O–H groups in total. The van der Waals surface area contributed by atoms with Gasteiger partial charge in [0.2, 0.25) is 0 Å². The van der Waals surface area contributed by atoms with Crippen molar-refractivity contribution in [2.45, 2.75) is 52.1 Å². The molecule has 3 aromatic carbocycles. The minimum Gasteiger partial charge on any atom is -0.460 e. The first kappa shape index (κ1) is 30.2. The van der Waals surface area contributed by atoms with Crippen molar-refractivity contribution in [1.29, 1.82) is 0 Å². The van der Waals surface area contributed by atoms with E-state index in [1.54, 1.807) is 25.4 Å². The quantitative estimate of drug-likeness (QED) is 0.139. The molecule has 0 bridgehead atoms. The van der Waals surface area contributed by atoms with Crippen LogP contribution in [0.5, 0.6) is 0 Å². The van der Waals surface area contributed by atoms with Crippen LogP contribution in [0.3, 0.4) is 0 Å². The van der Waals surface area contributed by atoms with Gasteiger partial charge in [-0.15, -0.1) is 0 Å². The molecule has 0 fully saturated rings. The van der Waals surface area contributed by atoms with Crippen LogP contribution in [0.2, 0.25) is 0 Å². The molecule has 42 heavy (non-hydrogen) atoms. The van der Waals surface area contributed by atoms with Crippen molar-refractivity contribution < 1.29 is 19.1 Å². The van der Waals surface area contributed by atoms with E-state index in [0.717, 1.165) is 47.0 Å². The van der Waals surface area contributed by atoms with Crippen LogP contribution < -0.4 is 16.0 Å². The number of unbranched alkanes of at least 4 members (excludes halogenated alkanes) is 2. The second-order valence-electron chi connectivity index (χ2n) is 11.1. The van der Waals surface area contributed by atoms with Crippen molar-refractivity contribution in [2.75, 3.05) is 18.9 Å². The van der Waals surface area contributed by atoms with Crippen molar-refractivity contribution in [3.8, 4) is 11.1 Å².